The second-order valence-electron chi connectivity index (χ2n) is 6.16. The van der Waals surface area contributed by atoms with Crippen molar-refractivity contribution in [1.29, 1.82) is 0 Å². The number of hydrogen-bond donors (Lipinski definition) is 1. The van der Waals surface area contributed by atoms with E-state index in [9.17, 15) is 4.79 Å². The minimum atomic E-state index is 0.0412. The van der Waals surface area contributed by atoms with Gasteiger partial charge in [-0.3, -0.25) is 4.79 Å². The molecule has 2 aromatic carbocycles. The summed E-state index contributed by atoms with van der Waals surface area (Å²) in [5.41, 5.74) is 3.24. The highest BCUT2D eigenvalue weighted by molar-refractivity contribution is 5.81. The van der Waals surface area contributed by atoms with Gasteiger partial charge < -0.3 is 15.0 Å². The molecule has 24 heavy (non-hydrogen) atoms. The van der Waals surface area contributed by atoms with Crippen LogP contribution in [-0.2, 0) is 11.3 Å². The number of methoxy groups -OCH3 is 1. The van der Waals surface area contributed by atoms with Gasteiger partial charge in [-0.1, -0.05) is 50.2 Å². The van der Waals surface area contributed by atoms with E-state index in [4.69, 9.17) is 4.74 Å². The maximum Gasteiger partial charge on any atom is 0.241 e. The number of anilines is 1. The molecule has 0 saturated carbocycles. The number of nitrogens with one attached hydrogen (secondary N) is 1. The summed E-state index contributed by atoms with van der Waals surface area (Å²) in [5.74, 6) is 1.25. The molecular weight excluding hydrogens is 300 g/mol. The topological polar surface area (TPSA) is 41.6 Å². The van der Waals surface area contributed by atoms with Crippen LogP contribution in [0.4, 0.5) is 5.69 Å². The third kappa shape index (κ3) is 4.51. The monoisotopic (exact) mass is 326 g/mol. The molecule has 2 rings (SSSR count). The van der Waals surface area contributed by atoms with Crippen LogP contribution in [0.1, 0.15) is 30.9 Å². The van der Waals surface area contributed by atoms with Crippen LogP contribution in [-0.4, -0.2) is 31.5 Å². The number of rotatable bonds is 7. The number of carbonyl (C=O) groups excluding carboxylic acids is 1. The number of ether oxygens (including phenoxy) is 1. The Kier molecular flexibility index (Phi) is 6.24. The van der Waals surface area contributed by atoms with Gasteiger partial charge >= 0.3 is 0 Å². The van der Waals surface area contributed by atoms with Crippen molar-refractivity contribution in [2.24, 2.45) is 0 Å². The molecule has 0 unspecified atom stereocenters. The van der Waals surface area contributed by atoms with Crippen molar-refractivity contribution in [2.45, 2.75) is 26.3 Å². The van der Waals surface area contributed by atoms with Gasteiger partial charge in [-0.2, -0.15) is 0 Å². The van der Waals surface area contributed by atoms with E-state index in [-0.39, 0.29) is 12.5 Å². The van der Waals surface area contributed by atoms with Crippen molar-refractivity contribution in [3.63, 3.8) is 0 Å². The first-order valence-electron chi connectivity index (χ1n) is 8.21. The van der Waals surface area contributed by atoms with Crippen molar-refractivity contribution in [3.8, 4) is 5.75 Å². The van der Waals surface area contributed by atoms with Gasteiger partial charge in [0.2, 0.25) is 5.91 Å². The SMILES string of the molecule is COc1ccccc1CN(C)C(=O)CNc1ccccc1C(C)C. The number of likely N-dealkylation sites (N-methyl/N-ethyl adjacent to an activating group) is 1. The molecule has 4 heteroatoms. The Bertz CT molecular complexity index is 683. The molecule has 0 heterocycles. The standard InChI is InChI=1S/C20H26N2O2/c1-15(2)17-10-6-7-11-18(17)21-13-20(23)22(3)14-16-9-5-8-12-19(16)24-4/h5-12,15,21H,13-14H2,1-4H3. The van der Waals surface area contributed by atoms with E-state index in [0.717, 1.165) is 17.0 Å². The van der Waals surface area contributed by atoms with Gasteiger partial charge in [0.05, 0.1) is 13.7 Å². The maximum atomic E-state index is 12.4. The van der Waals surface area contributed by atoms with Crippen molar-refractivity contribution in [1.82, 2.24) is 4.90 Å². The van der Waals surface area contributed by atoms with Crippen LogP contribution >= 0.6 is 0 Å². The molecule has 0 atom stereocenters. The second kappa shape index (κ2) is 8.39. The van der Waals surface area contributed by atoms with Gasteiger partial charge in [-0.15, -0.1) is 0 Å². The Morgan fingerprint density at radius 2 is 1.79 bits per heavy atom. The molecule has 0 bridgehead atoms. The minimum absolute atomic E-state index is 0.0412. The molecule has 4 nitrogen and oxygen atoms in total. The van der Waals surface area contributed by atoms with Crippen molar-refractivity contribution < 1.29 is 9.53 Å². The lowest BCUT2D eigenvalue weighted by molar-refractivity contribution is -0.128. The van der Waals surface area contributed by atoms with Gasteiger partial charge in [0.1, 0.15) is 5.75 Å². The van der Waals surface area contributed by atoms with Gasteiger partial charge in [-0.25, -0.2) is 0 Å². The molecule has 0 fully saturated rings. The molecule has 0 aliphatic heterocycles. The predicted octanol–water partition coefficient (Wildman–Crippen LogP) is 3.89. The average molecular weight is 326 g/mol. The summed E-state index contributed by atoms with van der Waals surface area (Å²) < 4.78 is 5.34. The minimum Gasteiger partial charge on any atom is -0.496 e. The Labute approximate surface area is 144 Å². The van der Waals surface area contributed by atoms with E-state index < -0.39 is 0 Å². The zero-order valence-corrected chi connectivity index (χ0v) is 14.9. The fraction of sp³-hybridized carbons (Fsp3) is 0.350. The largest absolute Gasteiger partial charge is 0.496 e. The van der Waals surface area contributed by atoms with Crippen LogP contribution in [0.25, 0.3) is 0 Å². The highest BCUT2D eigenvalue weighted by atomic mass is 16.5. The first-order chi connectivity index (χ1) is 11.5. The van der Waals surface area contributed by atoms with Crippen molar-refractivity contribution >= 4 is 11.6 Å². The number of nitrogens with zero attached hydrogens (tertiary/aromatic N) is 1. The first-order valence-corrected chi connectivity index (χ1v) is 8.21. The lowest BCUT2D eigenvalue weighted by atomic mass is 10.0. The van der Waals surface area contributed by atoms with Gasteiger partial charge in [0.25, 0.3) is 0 Å². The van der Waals surface area contributed by atoms with E-state index >= 15 is 0 Å². The summed E-state index contributed by atoms with van der Waals surface area (Å²) in [6, 6.07) is 15.9. The molecule has 0 radical (unpaired) electrons. The number of benzene rings is 2. The van der Waals surface area contributed by atoms with E-state index in [1.165, 1.54) is 5.56 Å². The maximum absolute atomic E-state index is 12.4. The van der Waals surface area contributed by atoms with Crippen LogP contribution in [0.5, 0.6) is 5.75 Å². The van der Waals surface area contributed by atoms with Gasteiger partial charge in [0.15, 0.2) is 0 Å². The van der Waals surface area contributed by atoms with E-state index in [1.54, 1.807) is 12.0 Å². The van der Waals surface area contributed by atoms with Crippen LogP contribution in [0.3, 0.4) is 0 Å². The Morgan fingerprint density at radius 3 is 2.50 bits per heavy atom. The molecule has 1 amide bonds. The lowest BCUT2D eigenvalue weighted by Gasteiger charge is -2.20. The molecule has 0 aliphatic rings. The van der Waals surface area contributed by atoms with E-state index in [1.807, 2.05) is 49.5 Å². The number of carbonyl (C=O) groups is 1. The highest BCUT2D eigenvalue weighted by Crippen LogP contribution is 2.23. The lowest BCUT2D eigenvalue weighted by Crippen LogP contribution is -2.32. The summed E-state index contributed by atoms with van der Waals surface area (Å²) in [4.78, 5) is 14.1. The van der Waals surface area contributed by atoms with Crippen LogP contribution in [0.15, 0.2) is 48.5 Å². The number of amides is 1. The molecule has 128 valence electrons. The molecular formula is C20H26N2O2. The third-order valence-electron chi connectivity index (χ3n) is 4.04. The quantitative estimate of drug-likeness (QED) is 0.839. The predicted molar refractivity (Wildman–Crippen MR) is 98.5 cm³/mol. The van der Waals surface area contributed by atoms with Crippen LogP contribution in [0.2, 0.25) is 0 Å². The summed E-state index contributed by atoms with van der Waals surface area (Å²) in [6.07, 6.45) is 0. The Morgan fingerprint density at radius 1 is 1.12 bits per heavy atom. The van der Waals surface area contributed by atoms with Crippen molar-refractivity contribution in [2.75, 3.05) is 26.0 Å². The average Bonchev–Trinajstić information content (AvgIpc) is 2.60. The zero-order valence-electron chi connectivity index (χ0n) is 14.9. The molecule has 0 saturated heterocycles. The molecule has 0 aromatic heterocycles. The smallest absolute Gasteiger partial charge is 0.241 e. The Balaban J connectivity index is 1.97. The second-order valence-corrected chi connectivity index (χ2v) is 6.16. The van der Waals surface area contributed by atoms with Gasteiger partial charge in [-0.05, 0) is 23.6 Å². The normalized spacial score (nSPS) is 10.5. The third-order valence-corrected chi connectivity index (χ3v) is 4.04. The summed E-state index contributed by atoms with van der Waals surface area (Å²) in [6.45, 7) is 5.10. The molecule has 1 N–H and O–H groups in total. The zero-order chi connectivity index (χ0) is 17.5. The highest BCUT2D eigenvalue weighted by Gasteiger charge is 2.13. The number of para-hydroxylation sites is 2. The molecule has 2 aromatic rings. The summed E-state index contributed by atoms with van der Waals surface area (Å²) in [5, 5.41) is 3.27. The van der Waals surface area contributed by atoms with Crippen LogP contribution < -0.4 is 10.1 Å². The fourth-order valence-corrected chi connectivity index (χ4v) is 2.64. The van der Waals surface area contributed by atoms with Gasteiger partial charge in [0, 0.05) is 24.8 Å². The van der Waals surface area contributed by atoms with E-state index in [2.05, 4.69) is 25.2 Å². The summed E-state index contributed by atoms with van der Waals surface area (Å²) >= 11 is 0. The van der Waals surface area contributed by atoms with Crippen LogP contribution in [0, 0.1) is 0 Å². The molecule has 0 spiro atoms. The first kappa shape index (κ1) is 17.9. The Hall–Kier alpha value is -2.49. The summed E-state index contributed by atoms with van der Waals surface area (Å²) in [7, 11) is 3.45. The van der Waals surface area contributed by atoms with E-state index in [0.29, 0.717) is 12.5 Å². The number of hydrogen-bond acceptors (Lipinski definition) is 3. The van der Waals surface area contributed by atoms with Crippen molar-refractivity contribution in [3.05, 3.63) is 59.7 Å². The molecule has 0 aliphatic carbocycles. The fourth-order valence-electron chi connectivity index (χ4n) is 2.64.